The Bertz CT molecular complexity index is 622. The maximum Gasteiger partial charge on any atom is 0.410 e. The van der Waals surface area contributed by atoms with Crippen LogP contribution >= 0.6 is 11.9 Å². The van der Waals surface area contributed by atoms with Crippen LogP contribution in [0.2, 0.25) is 0 Å². The van der Waals surface area contributed by atoms with Crippen molar-refractivity contribution in [3.63, 3.8) is 0 Å². The summed E-state index contributed by atoms with van der Waals surface area (Å²) in [4.78, 5) is 25.3. The van der Waals surface area contributed by atoms with E-state index < -0.39 is 11.2 Å². The van der Waals surface area contributed by atoms with Gasteiger partial charge in [0.05, 0.1) is 0 Å². The van der Waals surface area contributed by atoms with Gasteiger partial charge in [-0.2, -0.15) is 0 Å². The van der Waals surface area contributed by atoms with Crippen LogP contribution in [0.3, 0.4) is 0 Å². The molecule has 3 atom stereocenters. The van der Waals surface area contributed by atoms with Gasteiger partial charge in [-0.15, -0.1) is 0 Å². The molecule has 24 heavy (non-hydrogen) atoms. The predicted octanol–water partition coefficient (Wildman–Crippen LogP) is 2.84. The minimum Gasteiger partial charge on any atom is -0.480 e. The van der Waals surface area contributed by atoms with Crippen LogP contribution in [0.15, 0.2) is 34.7 Å². The molecule has 1 aromatic rings. The standard InChI is InChI=1S/C17H20N2O4S/c20-16(21)15-14(9-18-24-15)13-7-4-8-19(10-13)17(22)23-11-12-5-2-1-3-6-12/h1-3,5-6,9,13-15H,4,7-8,10-11H2,(H,20,21). The van der Waals surface area contributed by atoms with Gasteiger partial charge in [0.15, 0.2) is 0 Å². The van der Waals surface area contributed by atoms with Crippen LogP contribution in [0.4, 0.5) is 4.79 Å². The SMILES string of the molecule is O=C(O)C1SN=CC1C1CCCN(C(=O)OCc2ccccc2)C1. The van der Waals surface area contributed by atoms with Crippen molar-refractivity contribution >= 4 is 30.2 Å². The number of benzene rings is 1. The highest BCUT2D eigenvalue weighted by Gasteiger charge is 2.39. The normalized spacial score (nSPS) is 26.3. The third-order valence-corrected chi connectivity index (χ3v) is 5.45. The van der Waals surface area contributed by atoms with E-state index in [0.717, 1.165) is 30.4 Å². The molecule has 0 bridgehead atoms. The molecule has 2 heterocycles. The lowest BCUT2D eigenvalue weighted by molar-refractivity contribution is -0.137. The van der Waals surface area contributed by atoms with E-state index in [4.69, 9.17) is 4.74 Å². The molecule has 1 amide bonds. The van der Waals surface area contributed by atoms with E-state index in [0.29, 0.717) is 13.1 Å². The lowest BCUT2D eigenvalue weighted by atomic mass is 9.84. The molecule has 1 N–H and O–H groups in total. The number of likely N-dealkylation sites (tertiary alicyclic amines) is 1. The largest absolute Gasteiger partial charge is 0.480 e. The van der Waals surface area contributed by atoms with Crippen LogP contribution in [-0.4, -0.2) is 46.6 Å². The van der Waals surface area contributed by atoms with E-state index >= 15 is 0 Å². The average molecular weight is 348 g/mol. The van der Waals surface area contributed by atoms with Crippen molar-refractivity contribution in [2.45, 2.75) is 24.7 Å². The minimum atomic E-state index is -0.841. The van der Waals surface area contributed by atoms with Gasteiger partial charge in [0, 0.05) is 25.2 Å². The van der Waals surface area contributed by atoms with Crippen LogP contribution < -0.4 is 0 Å². The number of nitrogens with zero attached hydrogens (tertiary/aromatic N) is 2. The summed E-state index contributed by atoms with van der Waals surface area (Å²) >= 11 is 1.10. The second-order valence-corrected chi connectivity index (χ2v) is 7.01. The molecule has 0 spiro atoms. The van der Waals surface area contributed by atoms with Gasteiger partial charge < -0.3 is 14.7 Å². The van der Waals surface area contributed by atoms with Gasteiger partial charge in [-0.3, -0.25) is 4.79 Å². The van der Waals surface area contributed by atoms with Gasteiger partial charge >= 0.3 is 12.1 Å². The second-order valence-electron chi connectivity index (χ2n) is 6.08. The summed E-state index contributed by atoms with van der Waals surface area (Å²) in [5.74, 6) is -0.855. The molecule has 1 aromatic carbocycles. The smallest absolute Gasteiger partial charge is 0.410 e. The quantitative estimate of drug-likeness (QED) is 0.847. The topological polar surface area (TPSA) is 79.2 Å². The van der Waals surface area contributed by atoms with Crippen molar-refractivity contribution < 1.29 is 19.4 Å². The summed E-state index contributed by atoms with van der Waals surface area (Å²) in [6.07, 6.45) is 3.15. The van der Waals surface area contributed by atoms with E-state index in [9.17, 15) is 14.7 Å². The number of carbonyl (C=O) groups excluding carboxylic acids is 1. The van der Waals surface area contributed by atoms with Crippen molar-refractivity contribution in [3.05, 3.63) is 35.9 Å². The van der Waals surface area contributed by atoms with Gasteiger partial charge in [0.2, 0.25) is 0 Å². The number of piperidine rings is 1. The van der Waals surface area contributed by atoms with E-state index in [1.807, 2.05) is 30.3 Å². The molecular weight excluding hydrogens is 328 g/mol. The number of carboxylic acid groups (broad SMARTS) is 1. The van der Waals surface area contributed by atoms with Crippen molar-refractivity contribution in [1.82, 2.24) is 4.90 Å². The van der Waals surface area contributed by atoms with E-state index in [-0.39, 0.29) is 24.5 Å². The van der Waals surface area contributed by atoms with Crippen molar-refractivity contribution in [3.8, 4) is 0 Å². The highest BCUT2D eigenvalue weighted by Crippen LogP contribution is 2.36. The first-order valence-corrected chi connectivity index (χ1v) is 8.86. The van der Waals surface area contributed by atoms with Gasteiger partial charge in [0.25, 0.3) is 0 Å². The third kappa shape index (κ3) is 3.90. The molecule has 0 aliphatic carbocycles. The summed E-state index contributed by atoms with van der Waals surface area (Å²) < 4.78 is 9.45. The number of carboxylic acids is 1. The summed E-state index contributed by atoms with van der Waals surface area (Å²) in [6.45, 7) is 1.42. The van der Waals surface area contributed by atoms with Crippen molar-refractivity contribution in [2.24, 2.45) is 16.2 Å². The fraction of sp³-hybridized carbons (Fsp3) is 0.471. The zero-order valence-electron chi connectivity index (χ0n) is 13.2. The summed E-state index contributed by atoms with van der Waals surface area (Å²) in [7, 11) is 0. The van der Waals surface area contributed by atoms with Crippen LogP contribution in [0.1, 0.15) is 18.4 Å². The Morgan fingerprint density at radius 3 is 2.88 bits per heavy atom. The van der Waals surface area contributed by atoms with E-state index in [2.05, 4.69) is 4.40 Å². The predicted molar refractivity (Wildman–Crippen MR) is 91.9 cm³/mol. The minimum absolute atomic E-state index is 0.114. The number of hydrogen-bond donors (Lipinski definition) is 1. The molecule has 6 nitrogen and oxygen atoms in total. The van der Waals surface area contributed by atoms with Crippen molar-refractivity contribution in [2.75, 3.05) is 13.1 Å². The molecular formula is C17H20N2O4S. The van der Waals surface area contributed by atoms with Gasteiger partial charge in [-0.05, 0) is 36.3 Å². The maximum absolute atomic E-state index is 12.3. The lowest BCUT2D eigenvalue weighted by Gasteiger charge is -2.35. The molecule has 1 saturated heterocycles. The monoisotopic (exact) mass is 348 g/mol. The maximum atomic E-state index is 12.3. The number of rotatable bonds is 4. The van der Waals surface area contributed by atoms with Crippen LogP contribution in [0.25, 0.3) is 0 Å². The third-order valence-electron chi connectivity index (χ3n) is 4.47. The molecule has 128 valence electrons. The lowest BCUT2D eigenvalue weighted by Crippen LogP contribution is -2.44. The zero-order chi connectivity index (χ0) is 16.9. The van der Waals surface area contributed by atoms with Gasteiger partial charge in [0.1, 0.15) is 11.9 Å². The Hall–Kier alpha value is -2.02. The van der Waals surface area contributed by atoms with E-state index in [1.54, 1.807) is 11.1 Å². The number of amides is 1. The first-order chi connectivity index (χ1) is 11.6. The van der Waals surface area contributed by atoms with E-state index in [1.165, 1.54) is 0 Å². The van der Waals surface area contributed by atoms with Crippen LogP contribution in [-0.2, 0) is 16.1 Å². The number of carbonyl (C=O) groups is 2. The molecule has 2 aliphatic heterocycles. The molecule has 2 aliphatic rings. The Morgan fingerprint density at radius 1 is 1.33 bits per heavy atom. The summed E-state index contributed by atoms with van der Waals surface area (Å²) in [5, 5.41) is 8.75. The van der Waals surface area contributed by atoms with Crippen LogP contribution in [0, 0.1) is 11.8 Å². The first kappa shape index (κ1) is 16.8. The highest BCUT2D eigenvalue weighted by molar-refractivity contribution is 7.99. The Labute approximate surface area is 145 Å². The molecule has 0 saturated carbocycles. The zero-order valence-corrected chi connectivity index (χ0v) is 14.0. The molecule has 0 radical (unpaired) electrons. The highest BCUT2D eigenvalue weighted by atomic mass is 32.2. The fourth-order valence-electron chi connectivity index (χ4n) is 3.20. The Morgan fingerprint density at radius 2 is 2.12 bits per heavy atom. The summed E-state index contributed by atoms with van der Waals surface area (Å²) in [5.41, 5.74) is 0.949. The number of hydrogen-bond acceptors (Lipinski definition) is 5. The molecule has 0 aromatic heterocycles. The Balaban J connectivity index is 1.56. The second kappa shape index (κ2) is 7.70. The molecule has 3 rings (SSSR count). The Kier molecular flexibility index (Phi) is 5.40. The first-order valence-electron chi connectivity index (χ1n) is 8.03. The molecule has 7 heteroatoms. The summed E-state index contributed by atoms with van der Waals surface area (Å²) in [6, 6.07) is 9.55. The van der Waals surface area contributed by atoms with Gasteiger partial charge in [-0.1, -0.05) is 30.3 Å². The van der Waals surface area contributed by atoms with Gasteiger partial charge in [-0.25, -0.2) is 9.19 Å². The number of aliphatic carboxylic acids is 1. The van der Waals surface area contributed by atoms with Crippen molar-refractivity contribution in [1.29, 1.82) is 0 Å². The average Bonchev–Trinajstić information content (AvgIpc) is 3.11. The molecule has 1 fully saturated rings. The van der Waals surface area contributed by atoms with Crippen LogP contribution in [0.5, 0.6) is 0 Å². The molecule has 3 unspecified atom stereocenters. The number of ether oxygens (including phenoxy) is 1. The fourth-order valence-corrected chi connectivity index (χ4v) is 4.06.